The maximum Gasteiger partial charge on any atom is 0.416 e. The fourth-order valence-corrected chi connectivity index (χ4v) is 1.99. The van der Waals surface area contributed by atoms with Crippen molar-refractivity contribution < 1.29 is 13.2 Å². The molecule has 0 aliphatic carbocycles. The van der Waals surface area contributed by atoms with Crippen molar-refractivity contribution in [2.45, 2.75) is 6.18 Å². The predicted molar refractivity (Wildman–Crippen MR) is 62.2 cm³/mol. The Balaban J connectivity index is 2.06. The van der Waals surface area contributed by atoms with Gasteiger partial charge in [0, 0.05) is 18.0 Å². The van der Waals surface area contributed by atoms with E-state index < -0.39 is 11.7 Å². The topological polar surface area (TPSA) is 20.2 Å². The standard InChI is InChI=1S/C13H9F3N2/c14-13(15,16)10-5-3-9(4-6-10)11-8-17-18-7-1-2-12(11)18/h1-8,17H. The van der Waals surface area contributed by atoms with E-state index in [-0.39, 0.29) is 0 Å². The summed E-state index contributed by atoms with van der Waals surface area (Å²) in [6, 6.07) is 8.95. The molecule has 0 atom stereocenters. The predicted octanol–water partition coefficient (Wildman–Crippen LogP) is 3.95. The molecule has 0 fully saturated rings. The van der Waals surface area contributed by atoms with Crippen LogP contribution in [0.5, 0.6) is 0 Å². The first kappa shape index (κ1) is 11.0. The number of H-pyrrole nitrogens is 1. The van der Waals surface area contributed by atoms with Gasteiger partial charge in [-0.15, -0.1) is 0 Å². The van der Waals surface area contributed by atoms with Crippen LogP contribution in [0.25, 0.3) is 16.6 Å². The normalized spacial score (nSPS) is 12.2. The summed E-state index contributed by atoms with van der Waals surface area (Å²) in [5.41, 5.74) is 1.95. The second-order valence-electron chi connectivity index (χ2n) is 4.03. The number of fused-ring (bicyclic) bond motifs is 1. The lowest BCUT2D eigenvalue weighted by atomic mass is 10.1. The second kappa shape index (κ2) is 3.66. The van der Waals surface area contributed by atoms with E-state index in [4.69, 9.17) is 0 Å². The van der Waals surface area contributed by atoms with Crippen LogP contribution in [0.1, 0.15) is 5.56 Å². The molecule has 3 aromatic rings. The molecule has 0 bridgehead atoms. The number of aromatic nitrogens is 2. The molecule has 5 heteroatoms. The number of aromatic amines is 1. The van der Waals surface area contributed by atoms with Crippen LogP contribution >= 0.6 is 0 Å². The average molecular weight is 250 g/mol. The quantitative estimate of drug-likeness (QED) is 0.674. The number of nitrogens with zero attached hydrogens (tertiary/aromatic N) is 1. The SMILES string of the molecule is FC(F)(F)c1ccc(-c2c[nH]n3cccc23)cc1. The van der Waals surface area contributed by atoms with E-state index in [1.165, 1.54) is 12.1 Å². The molecule has 3 rings (SSSR count). The Kier molecular flexibility index (Phi) is 2.23. The van der Waals surface area contributed by atoms with Crippen molar-refractivity contribution in [3.8, 4) is 11.1 Å². The van der Waals surface area contributed by atoms with Crippen LogP contribution < -0.4 is 0 Å². The molecule has 1 N–H and O–H groups in total. The van der Waals surface area contributed by atoms with E-state index in [0.717, 1.165) is 28.8 Å². The van der Waals surface area contributed by atoms with Crippen molar-refractivity contribution in [3.63, 3.8) is 0 Å². The monoisotopic (exact) mass is 250 g/mol. The van der Waals surface area contributed by atoms with Crippen molar-refractivity contribution in [1.29, 1.82) is 0 Å². The minimum atomic E-state index is -4.29. The summed E-state index contributed by atoms with van der Waals surface area (Å²) in [4.78, 5) is 0. The maximum absolute atomic E-state index is 12.5. The van der Waals surface area contributed by atoms with Gasteiger partial charge in [-0.05, 0) is 29.8 Å². The first-order valence-electron chi connectivity index (χ1n) is 5.38. The van der Waals surface area contributed by atoms with Crippen molar-refractivity contribution in [2.75, 3.05) is 0 Å². The molecule has 92 valence electrons. The Bertz CT molecular complexity index is 674. The zero-order chi connectivity index (χ0) is 12.8. The molecule has 2 nitrogen and oxygen atoms in total. The number of halogens is 3. The van der Waals surface area contributed by atoms with Gasteiger partial charge < -0.3 is 5.10 Å². The lowest BCUT2D eigenvalue weighted by molar-refractivity contribution is -0.137. The van der Waals surface area contributed by atoms with Crippen LogP contribution in [0.3, 0.4) is 0 Å². The van der Waals surface area contributed by atoms with Crippen LogP contribution in [0.4, 0.5) is 13.2 Å². The Labute approximate surface area is 101 Å². The van der Waals surface area contributed by atoms with E-state index >= 15 is 0 Å². The highest BCUT2D eigenvalue weighted by molar-refractivity contribution is 5.80. The van der Waals surface area contributed by atoms with Crippen LogP contribution in [0.2, 0.25) is 0 Å². The highest BCUT2D eigenvalue weighted by atomic mass is 19.4. The molecule has 0 aliphatic heterocycles. The lowest BCUT2D eigenvalue weighted by Crippen LogP contribution is -2.03. The number of rotatable bonds is 1. The summed E-state index contributed by atoms with van der Waals surface area (Å²) >= 11 is 0. The highest BCUT2D eigenvalue weighted by Gasteiger charge is 2.30. The number of nitrogens with one attached hydrogen (secondary N) is 1. The summed E-state index contributed by atoms with van der Waals surface area (Å²) in [5, 5.41) is 3.01. The minimum absolute atomic E-state index is 0.631. The summed E-state index contributed by atoms with van der Waals surface area (Å²) in [5.74, 6) is 0. The summed E-state index contributed by atoms with van der Waals surface area (Å²) in [6.07, 6.45) is -0.665. The summed E-state index contributed by atoms with van der Waals surface area (Å²) in [6.45, 7) is 0. The van der Waals surface area contributed by atoms with Gasteiger partial charge in [-0.2, -0.15) is 13.2 Å². The molecule has 0 spiro atoms. The third-order valence-corrected chi connectivity index (χ3v) is 2.90. The zero-order valence-electron chi connectivity index (χ0n) is 9.20. The van der Waals surface area contributed by atoms with E-state index in [1.54, 1.807) is 6.20 Å². The van der Waals surface area contributed by atoms with Crippen LogP contribution in [0, 0.1) is 0 Å². The first-order valence-corrected chi connectivity index (χ1v) is 5.38. The molecule has 2 heterocycles. The van der Waals surface area contributed by atoms with E-state index in [9.17, 15) is 13.2 Å². The highest BCUT2D eigenvalue weighted by Crippen LogP contribution is 2.32. The van der Waals surface area contributed by atoms with Crippen molar-refractivity contribution >= 4 is 5.52 Å². The Morgan fingerprint density at radius 1 is 1.00 bits per heavy atom. The van der Waals surface area contributed by atoms with Crippen molar-refractivity contribution in [1.82, 2.24) is 9.61 Å². The van der Waals surface area contributed by atoms with Crippen LogP contribution in [-0.2, 0) is 6.18 Å². The molecular weight excluding hydrogens is 241 g/mol. The van der Waals surface area contributed by atoms with Gasteiger partial charge in [0.25, 0.3) is 0 Å². The van der Waals surface area contributed by atoms with Gasteiger partial charge in [-0.25, -0.2) is 0 Å². The maximum atomic E-state index is 12.5. The smallest absolute Gasteiger partial charge is 0.301 e. The number of hydrogen-bond donors (Lipinski definition) is 1. The fraction of sp³-hybridized carbons (Fsp3) is 0.0769. The largest absolute Gasteiger partial charge is 0.416 e. The van der Waals surface area contributed by atoms with Crippen molar-refractivity contribution in [3.05, 3.63) is 54.4 Å². The number of benzene rings is 1. The molecule has 0 saturated heterocycles. The Hall–Kier alpha value is -2.17. The summed E-state index contributed by atoms with van der Waals surface area (Å²) in [7, 11) is 0. The van der Waals surface area contributed by atoms with Crippen LogP contribution in [0.15, 0.2) is 48.8 Å². The van der Waals surface area contributed by atoms with Gasteiger partial charge in [-0.3, -0.25) is 4.52 Å². The number of hydrogen-bond acceptors (Lipinski definition) is 0. The number of alkyl halides is 3. The molecule has 0 amide bonds. The molecular formula is C13H9F3N2. The van der Waals surface area contributed by atoms with Gasteiger partial charge in [0.2, 0.25) is 0 Å². The lowest BCUT2D eigenvalue weighted by Gasteiger charge is -2.06. The second-order valence-corrected chi connectivity index (χ2v) is 4.03. The van der Waals surface area contributed by atoms with Gasteiger partial charge in [0.1, 0.15) is 0 Å². The summed E-state index contributed by atoms with van der Waals surface area (Å²) < 4.78 is 39.2. The molecule has 2 aromatic heterocycles. The van der Waals surface area contributed by atoms with E-state index in [2.05, 4.69) is 5.10 Å². The van der Waals surface area contributed by atoms with Gasteiger partial charge in [0.05, 0.1) is 11.1 Å². The van der Waals surface area contributed by atoms with Crippen LogP contribution in [-0.4, -0.2) is 9.61 Å². The fourth-order valence-electron chi connectivity index (χ4n) is 1.99. The average Bonchev–Trinajstić information content (AvgIpc) is 2.89. The Morgan fingerprint density at radius 3 is 2.39 bits per heavy atom. The molecule has 0 unspecified atom stereocenters. The third-order valence-electron chi connectivity index (χ3n) is 2.90. The Morgan fingerprint density at radius 2 is 1.72 bits per heavy atom. The molecule has 0 radical (unpaired) electrons. The zero-order valence-corrected chi connectivity index (χ0v) is 9.20. The molecule has 0 saturated carbocycles. The van der Waals surface area contributed by atoms with E-state index in [1.807, 2.05) is 22.8 Å². The third kappa shape index (κ3) is 1.68. The molecule has 0 aliphatic rings. The van der Waals surface area contributed by atoms with Gasteiger partial charge in [-0.1, -0.05) is 12.1 Å². The van der Waals surface area contributed by atoms with Crippen molar-refractivity contribution in [2.24, 2.45) is 0 Å². The minimum Gasteiger partial charge on any atom is -0.301 e. The molecule has 18 heavy (non-hydrogen) atoms. The van der Waals surface area contributed by atoms with E-state index in [0.29, 0.717) is 0 Å². The van der Waals surface area contributed by atoms with Gasteiger partial charge >= 0.3 is 6.18 Å². The van der Waals surface area contributed by atoms with Gasteiger partial charge in [0.15, 0.2) is 0 Å². The molecule has 1 aromatic carbocycles. The first-order chi connectivity index (χ1) is 8.55.